The molecule has 1 rings (SSSR count). The lowest BCUT2D eigenvalue weighted by molar-refractivity contribution is -0.137. The molecule has 0 aliphatic heterocycles. The lowest BCUT2D eigenvalue weighted by atomic mass is 9.80. The molecule has 0 spiro atoms. The zero-order valence-corrected chi connectivity index (χ0v) is 8.60. The van der Waals surface area contributed by atoms with E-state index in [-0.39, 0.29) is 6.42 Å². The van der Waals surface area contributed by atoms with Gasteiger partial charge < -0.3 is 5.11 Å². The van der Waals surface area contributed by atoms with Gasteiger partial charge in [0.1, 0.15) is 0 Å². The van der Waals surface area contributed by atoms with E-state index in [1.54, 1.807) is 6.92 Å². The summed E-state index contributed by atoms with van der Waals surface area (Å²) < 4.78 is 0. The summed E-state index contributed by atoms with van der Waals surface area (Å²) in [6.45, 7) is 1.77. The minimum absolute atomic E-state index is 0.0129. The van der Waals surface area contributed by atoms with Crippen LogP contribution in [0.25, 0.3) is 0 Å². The first kappa shape index (κ1) is 11.3. The average Bonchev–Trinajstić information content (AvgIpc) is 2.27. The molecule has 0 radical (unpaired) electrons. The Hall–Kier alpha value is -1.82. The molecule has 0 saturated carbocycles. The Morgan fingerprint density at radius 3 is 2.53 bits per heavy atom. The second-order valence-corrected chi connectivity index (χ2v) is 3.70. The molecule has 1 atom stereocenters. The van der Waals surface area contributed by atoms with Crippen LogP contribution in [0.1, 0.15) is 25.3 Å². The number of hydrogen-bond donors (Lipinski definition) is 1. The Bertz CT molecular complexity index is 380. The molecule has 0 fully saturated rings. The smallest absolute Gasteiger partial charge is 0.303 e. The summed E-state index contributed by atoms with van der Waals surface area (Å²) in [5.41, 5.74) is 0.161. The third-order valence-corrected chi connectivity index (χ3v) is 2.50. The Balaban J connectivity index is 2.87. The highest BCUT2D eigenvalue weighted by molar-refractivity contribution is 5.67. The average molecular weight is 203 g/mol. The van der Waals surface area contributed by atoms with E-state index in [0.717, 1.165) is 5.56 Å². The van der Waals surface area contributed by atoms with Crippen molar-refractivity contribution < 1.29 is 9.90 Å². The van der Waals surface area contributed by atoms with Gasteiger partial charge in [0, 0.05) is 6.42 Å². The largest absolute Gasteiger partial charge is 0.481 e. The van der Waals surface area contributed by atoms with E-state index in [2.05, 4.69) is 6.07 Å². The first-order chi connectivity index (χ1) is 7.08. The van der Waals surface area contributed by atoms with Gasteiger partial charge in [-0.05, 0) is 18.9 Å². The van der Waals surface area contributed by atoms with Gasteiger partial charge in [-0.1, -0.05) is 30.3 Å². The van der Waals surface area contributed by atoms with Crippen LogP contribution in [0.3, 0.4) is 0 Å². The van der Waals surface area contributed by atoms with Gasteiger partial charge in [0.15, 0.2) is 0 Å². The van der Waals surface area contributed by atoms with Crippen molar-refractivity contribution in [1.29, 1.82) is 5.26 Å². The van der Waals surface area contributed by atoms with Crippen molar-refractivity contribution in [3.8, 4) is 6.07 Å². The summed E-state index contributed by atoms with van der Waals surface area (Å²) in [4.78, 5) is 10.5. The molecule has 0 heterocycles. The number of carbonyl (C=O) groups is 1. The molecular weight excluding hydrogens is 190 g/mol. The van der Waals surface area contributed by atoms with Gasteiger partial charge >= 0.3 is 5.97 Å². The highest BCUT2D eigenvalue weighted by Gasteiger charge is 2.26. The van der Waals surface area contributed by atoms with Crippen LogP contribution in [0.2, 0.25) is 0 Å². The molecule has 1 aromatic rings. The van der Waals surface area contributed by atoms with E-state index in [0.29, 0.717) is 6.42 Å². The summed E-state index contributed by atoms with van der Waals surface area (Å²) in [6, 6.07) is 11.5. The van der Waals surface area contributed by atoms with Gasteiger partial charge in [-0.15, -0.1) is 0 Å². The standard InChI is InChI=1S/C12H13NO2/c1-12(9-13,8-7-11(14)15)10-5-3-2-4-6-10/h2-6H,7-8H2,1H3,(H,14,15). The van der Waals surface area contributed by atoms with E-state index >= 15 is 0 Å². The van der Waals surface area contributed by atoms with Crippen molar-refractivity contribution in [3.05, 3.63) is 35.9 Å². The third-order valence-electron chi connectivity index (χ3n) is 2.50. The lowest BCUT2D eigenvalue weighted by Crippen LogP contribution is -2.20. The van der Waals surface area contributed by atoms with Gasteiger partial charge in [0.05, 0.1) is 11.5 Å². The van der Waals surface area contributed by atoms with Crippen molar-refractivity contribution in [2.24, 2.45) is 0 Å². The van der Waals surface area contributed by atoms with E-state index in [9.17, 15) is 4.79 Å². The quantitative estimate of drug-likeness (QED) is 0.816. The Labute approximate surface area is 89.0 Å². The number of aliphatic carboxylic acids is 1. The number of carboxylic acid groups (broad SMARTS) is 1. The predicted octanol–water partition coefficient (Wildman–Crippen LogP) is 2.33. The summed E-state index contributed by atoms with van der Waals surface area (Å²) in [7, 11) is 0. The van der Waals surface area contributed by atoms with Gasteiger partial charge in [0.25, 0.3) is 0 Å². The SMILES string of the molecule is CC(C#N)(CCC(=O)O)c1ccccc1. The Kier molecular flexibility index (Phi) is 3.46. The lowest BCUT2D eigenvalue weighted by Gasteiger charge is -2.20. The van der Waals surface area contributed by atoms with Crippen LogP contribution in [-0.2, 0) is 10.2 Å². The van der Waals surface area contributed by atoms with E-state index in [1.807, 2.05) is 30.3 Å². The maximum absolute atomic E-state index is 10.5. The molecule has 0 saturated heterocycles. The highest BCUT2D eigenvalue weighted by Crippen LogP contribution is 2.27. The molecule has 1 unspecified atom stereocenters. The minimum atomic E-state index is -0.868. The van der Waals surface area contributed by atoms with Crippen LogP contribution in [0.4, 0.5) is 0 Å². The van der Waals surface area contributed by atoms with Crippen LogP contribution in [-0.4, -0.2) is 11.1 Å². The second kappa shape index (κ2) is 4.61. The van der Waals surface area contributed by atoms with Crippen molar-refractivity contribution in [1.82, 2.24) is 0 Å². The van der Waals surface area contributed by atoms with Crippen LogP contribution >= 0.6 is 0 Å². The van der Waals surface area contributed by atoms with Crippen molar-refractivity contribution in [3.63, 3.8) is 0 Å². The summed E-state index contributed by atoms with van der Waals surface area (Å²) in [6.07, 6.45) is 0.349. The summed E-state index contributed by atoms with van der Waals surface area (Å²) in [5.74, 6) is -0.868. The maximum Gasteiger partial charge on any atom is 0.303 e. The molecule has 1 N–H and O–H groups in total. The van der Waals surface area contributed by atoms with E-state index in [4.69, 9.17) is 10.4 Å². The highest BCUT2D eigenvalue weighted by atomic mass is 16.4. The van der Waals surface area contributed by atoms with Gasteiger partial charge in [-0.25, -0.2) is 0 Å². The maximum atomic E-state index is 10.5. The number of carboxylic acids is 1. The molecule has 3 nitrogen and oxygen atoms in total. The first-order valence-electron chi connectivity index (χ1n) is 4.77. The van der Waals surface area contributed by atoms with E-state index in [1.165, 1.54) is 0 Å². The molecule has 0 aliphatic rings. The number of rotatable bonds is 4. The molecule has 15 heavy (non-hydrogen) atoms. The Morgan fingerprint density at radius 2 is 2.07 bits per heavy atom. The number of hydrogen-bond acceptors (Lipinski definition) is 2. The summed E-state index contributed by atoms with van der Waals surface area (Å²) in [5, 5.41) is 17.7. The normalized spacial score (nSPS) is 13.9. The fourth-order valence-electron chi connectivity index (χ4n) is 1.43. The van der Waals surface area contributed by atoms with Gasteiger partial charge in [-0.2, -0.15) is 5.26 Å². The number of nitrogens with zero attached hydrogens (tertiary/aromatic N) is 1. The second-order valence-electron chi connectivity index (χ2n) is 3.70. The molecule has 0 bridgehead atoms. The third kappa shape index (κ3) is 2.81. The van der Waals surface area contributed by atoms with E-state index < -0.39 is 11.4 Å². The topological polar surface area (TPSA) is 61.1 Å². The zero-order chi connectivity index (χ0) is 11.3. The van der Waals surface area contributed by atoms with Crippen molar-refractivity contribution in [2.45, 2.75) is 25.2 Å². The fraction of sp³-hybridized carbons (Fsp3) is 0.333. The number of benzene rings is 1. The molecule has 1 aromatic carbocycles. The zero-order valence-electron chi connectivity index (χ0n) is 8.60. The Morgan fingerprint density at radius 1 is 1.47 bits per heavy atom. The van der Waals surface area contributed by atoms with Crippen molar-refractivity contribution in [2.75, 3.05) is 0 Å². The van der Waals surface area contributed by atoms with Crippen molar-refractivity contribution >= 4 is 5.97 Å². The van der Waals surface area contributed by atoms with Crippen LogP contribution < -0.4 is 0 Å². The number of nitriles is 1. The molecule has 0 aliphatic carbocycles. The minimum Gasteiger partial charge on any atom is -0.481 e. The molecule has 3 heteroatoms. The van der Waals surface area contributed by atoms with Crippen LogP contribution in [0, 0.1) is 11.3 Å². The molecular formula is C12H13NO2. The fourth-order valence-corrected chi connectivity index (χ4v) is 1.43. The molecule has 78 valence electrons. The van der Waals surface area contributed by atoms with Gasteiger partial charge in [0.2, 0.25) is 0 Å². The van der Waals surface area contributed by atoms with Gasteiger partial charge in [-0.3, -0.25) is 4.79 Å². The van der Waals surface area contributed by atoms with Crippen LogP contribution in [0.5, 0.6) is 0 Å². The monoisotopic (exact) mass is 203 g/mol. The molecule has 0 amide bonds. The molecule has 0 aromatic heterocycles. The summed E-state index contributed by atoms with van der Waals surface area (Å²) >= 11 is 0. The predicted molar refractivity (Wildman–Crippen MR) is 56.3 cm³/mol. The first-order valence-corrected chi connectivity index (χ1v) is 4.77. The van der Waals surface area contributed by atoms with Crippen LogP contribution in [0.15, 0.2) is 30.3 Å².